The molecule has 1 aromatic rings. The number of carboxylic acids is 1. The predicted octanol–water partition coefficient (Wildman–Crippen LogP) is 2.60. The summed E-state index contributed by atoms with van der Waals surface area (Å²) >= 11 is 3.45. The molecule has 2 aliphatic rings. The molecule has 2 fully saturated rings. The van der Waals surface area contributed by atoms with E-state index < -0.39 is 11.9 Å². The molecule has 2 aliphatic heterocycles. The van der Waals surface area contributed by atoms with Gasteiger partial charge in [-0.05, 0) is 30.9 Å². The van der Waals surface area contributed by atoms with E-state index in [-0.39, 0.29) is 18.1 Å². The summed E-state index contributed by atoms with van der Waals surface area (Å²) in [6.07, 6.45) is 2.30. The van der Waals surface area contributed by atoms with Gasteiger partial charge in [0.25, 0.3) is 0 Å². The molecule has 3 atom stereocenters. The lowest BCUT2D eigenvalue weighted by Gasteiger charge is -2.23. The normalized spacial score (nSPS) is 26.9. The highest BCUT2D eigenvalue weighted by Gasteiger charge is 2.51. The number of carboxylic acid groups (broad SMARTS) is 1. The minimum atomic E-state index is -0.786. The van der Waals surface area contributed by atoms with Crippen molar-refractivity contribution >= 4 is 27.9 Å². The van der Waals surface area contributed by atoms with Crippen LogP contribution in [0.5, 0.6) is 0 Å². The molecule has 2 N–H and O–H groups in total. The highest BCUT2D eigenvalue weighted by molar-refractivity contribution is 9.10. The Morgan fingerprint density at radius 1 is 1.33 bits per heavy atom. The predicted molar refractivity (Wildman–Crippen MR) is 80.8 cm³/mol. The summed E-state index contributed by atoms with van der Waals surface area (Å²) in [5.74, 6) is -1.19. The van der Waals surface area contributed by atoms with Crippen molar-refractivity contribution in [3.05, 3.63) is 34.3 Å². The second-order valence-corrected chi connectivity index (χ2v) is 6.49. The van der Waals surface area contributed by atoms with Crippen LogP contribution < -0.4 is 5.32 Å². The molecular formula is C15H17BrN2O3. The first-order valence-electron chi connectivity index (χ1n) is 7.10. The second-order valence-electron chi connectivity index (χ2n) is 5.64. The van der Waals surface area contributed by atoms with Gasteiger partial charge >= 0.3 is 12.0 Å². The van der Waals surface area contributed by atoms with Crippen molar-refractivity contribution in [3.8, 4) is 0 Å². The largest absolute Gasteiger partial charge is 0.481 e. The third-order valence-corrected chi connectivity index (χ3v) is 5.25. The molecule has 21 heavy (non-hydrogen) atoms. The summed E-state index contributed by atoms with van der Waals surface area (Å²) in [7, 11) is 0. The molecule has 112 valence electrons. The Morgan fingerprint density at radius 3 is 2.76 bits per heavy atom. The van der Waals surface area contributed by atoms with Crippen LogP contribution in [0, 0.1) is 5.92 Å². The fourth-order valence-electron chi connectivity index (χ4n) is 3.47. The molecule has 0 aliphatic carbocycles. The van der Waals surface area contributed by atoms with Crippen molar-refractivity contribution in [2.75, 3.05) is 0 Å². The molecule has 0 saturated carbocycles. The number of rotatable bonds is 3. The van der Waals surface area contributed by atoms with Gasteiger partial charge in [0.1, 0.15) is 0 Å². The zero-order valence-corrected chi connectivity index (χ0v) is 13.0. The van der Waals surface area contributed by atoms with E-state index in [0.717, 1.165) is 22.9 Å². The van der Waals surface area contributed by atoms with Gasteiger partial charge in [-0.3, -0.25) is 4.79 Å². The second kappa shape index (κ2) is 5.67. The van der Waals surface area contributed by atoms with Crippen LogP contribution in [0.3, 0.4) is 0 Å². The van der Waals surface area contributed by atoms with E-state index in [1.807, 2.05) is 24.3 Å². The van der Waals surface area contributed by atoms with Gasteiger partial charge in [-0.15, -0.1) is 0 Å². The summed E-state index contributed by atoms with van der Waals surface area (Å²) in [4.78, 5) is 25.3. The lowest BCUT2D eigenvalue weighted by atomic mass is 9.89. The molecular weight excluding hydrogens is 336 g/mol. The third kappa shape index (κ3) is 2.64. The van der Waals surface area contributed by atoms with E-state index >= 15 is 0 Å². The maximum atomic E-state index is 12.4. The smallest absolute Gasteiger partial charge is 0.318 e. The summed E-state index contributed by atoms with van der Waals surface area (Å²) in [6, 6.07) is 7.51. The monoisotopic (exact) mass is 352 g/mol. The quantitative estimate of drug-likeness (QED) is 0.878. The van der Waals surface area contributed by atoms with E-state index in [1.165, 1.54) is 0 Å². The number of aliphatic carboxylic acids is 1. The lowest BCUT2D eigenvalue weighted by Crippen LogP contribution is -2.44. The van der Waals surface area contributed by atoms with Crippen molar-refractivity contribution in [1.29, 1.82) is 0 Å². The Kier molecular flexibility index (Phi) is 3.89. The average molecular weight is 353 g/mol. The van der Waals surface area contributed by atoms with Crippen LogP contribution in [-0.2, 0) is 11.3 Å². The summed E-state index contributed by atoms with van der Waals surface area (Å²) in [6.45, 7) is 0.438. The first kappa shape index (κ1) is 14.4. The summed E-state index contributed by atoms with van der Waals surface area (Å²) in [5.41, 5.74) is 1.01. The number of nitrogens with one attached hydrogen (secondary N) is 1. The van der Waals surface area contributed by atoms with E-state index in [9.17, 15) is 14.7 Å². The SMILES string of the molecule is O=C(O)C1CC2CCC1N2C(=O)NCc1ccccc1Br. The van der Waals surface area contributed by atoms with Crippen LogP contribution in [0.4, 0.5) is 4.79 Å². The van der Waals surface area contributed by atoms with Crippen molar-refractivity contribution in [3.63, 3.8) is 0 Å². The Morgan fingerprint density at radius 2 is 2.10 bits per heavy atom. The van der Waals surface area contributed by atoms with Gasteiger partial charge < -0.3 is 15.3 Å². The minimum Gasteiger partial charge on any atom is -0.481 e. The average Bonchev–Trinajstić information content (AvgIpc) is 3.04. The molecule has 3 unspecified atom stereocenters. The number of hydrogen-bond donors (Lipinski definition) is 2. The van der Waals surface area contributed by atoms with E-state index in [4.69, 9.17) is 0 Å². The molecule has 2 bridgehead atoms. The van der Waals surface area contributed by atoms with Gasteiger partial charge in [-0.2, -0.15) is 0 Å². The number of halogens is 1. The van der Waals surface area contributed by atoms with E-state index in [1.54, 1.807) is 4.90 Å². The van der Waals surface area contributed by atoms with Crippen LogP contribution in [0.15, 0.2) is 28.7 Å². The van der Waals surface area contributed by atoms with Gasteiger partial charge in [-0.25, -0.2) is 4.79 Å². The van der Waals surface area contributed by atoms with Gasteiger partial charge in [0.15, 0.2) is 0 Å². The van der Waals surface area contributed by atoms with E-state index in [2.05, 4.69) is 21.2 Å². The fourth-order valence-corrected chi connectivity index (χ4v) is 3.90. The van der Waals surface area contributed by atoms with Crippen molar-refractivity contribution in [2.45, 2.75) is 37.9 Å². The highest BCUT2D eigenvalue weighted by atomic mass is 79.9. The molecule has 0 spiro atoms. The Hall–Kier alpha value is -1.56. The number of amides is 2. The lowest BCUT2D eigenvalue weighted by molar-refractivity contribution is -0.142. The molecule has 6 heteroatoms. The van der Waals surface area contributed by atoms with Gasteiger partial charge in [-0.1, -0.05) is 34.1 Å². The summed E-state index contributed by atoms with van der Waals surface area (Å²) < 4.78 is 0.957. The fraction of sp³-hybridized carbons (Fsp3) is 0.467. The summed E-state index contributed by atoms with van der Waals surface area (Å²) in [5, 5.41) is 12.1. The molecule has 2 amide bonds. The topological polar surface area (TPSA) is 69.6 Å². The third-order valence-electron chi connectivity index (χ3n) is 4.48. The molecule has 2 heterocycles. The van der Waals surface area contributed by atoms with Crippen LogP contribution in [-0.4, -0.2) is 34.1 Å². The van der Waals surface area contributed by atoms with Crippen LogP contribution in [0.1, 0.15) is 24.8 Å². The zero-order valence-electron chi connectivity index (χ0n) is 11.5. The van der Waals surface area contributed by atoms with Crippen LogP contribution in [0.25, 0.3) is 0 Å². The van der Waals surface area contributed by atoms with Crippen molar-refractivity contribution in [1.82, 2.24) is 10.2 Å². The molecule has 0 aromatic heterocycles. The highest BCUT2D eigenvalue weighted by Crippen LogP contribution is 2.41. The number of fused-ring (bicyclic) bond motifs is 2. The van der Waals surface area contributed by atoms with Gasteiger partial charge in [0.2, 0.25) is 0 Å². The minimum absolute atomic E-state index is 0.0790. The number of carbonyl (C=O) groups is 2. The van der Waals surface area contributed by atoms with E-state index in [0.29, 0.717) is 13.0 Å². The van der Waals surface area contributed by atoms with Crippen LogP contribution in [0.2, 0.25) is 0 Å². The van der Waals surface area contributed by atoms with Crippen molar-refractivity contribution in [2.24, 2.45) is 5.92 Å². The van der Waals surface area contributed by atoms with Crippen molar-refractivity contribution < 1.29 is 14.7 Å². The standard InChI is InChI=1S/C15H17BrN2O3/c16-12-4-2-1-3-9(12)8-17-15(21)18-10-5-6-13(18)11(7-10)14(19)20/h1-4,10-11,13H,5-8H2,(H,17,21)(H,19,20). The van der Waals surface area contributed by atoms with Gasteiger partial charge in [0, 0.05) is 23.1 Å². The number of benzene rings is 1. The number of urea groups is 1. The molecule has 3 rings (SSSR count). The maximum absolute atomic E-state index is 12.4. The number of nitrogens with zero attached hydrogens (tertiary/aromatic N) is 1. The Balaban J connectivity index is 1.64. The Labute approximate surface area is 131 Å². The molecule has 5 nitrogen and oxygen atoms in total. The first-order valence-corrected chi connectivity index (χ1v) is 7.89. The first-order chi connectivity index (χ1) is 10.1. The number of hydrogen-bond acceptors (Lipinski definition) is 2. The molecule has 0 radical (unpaired) electrons. The van der Waals surface area contributed by atoms with Gasteiger partial charge in [0.05, 0.1) is 5.92 Å². The number of carbonyl (C=O) groups excluding carboxylic acids is 1. The maximum Gasteiger partial charge on any atom is 0.318 e. The molecule has 2 saturated heterocycles. The zero-order chi connectivity index (χ0) is 15.0. The molecule has 1 aromatic carbocycles. The Bertz CT molecular complexity index is 578. The van der Waals surface area contributed by atoms with Crippen LogP contribution >= 0.6 is 15.9 Å².